The number of carbonyl (C=O) groups is 3. The van der Waals surface area contributed by atoms with E-state index in [0.717, 1.165) is 122 Å². The minimum Gasteiger partial charge on any atom is -0.462 e. The highest BCUT2D eigenvalue weighted by atomic mass is 16.6. The van der Waals surface area contributed by atoms with Crippen molar-refractivity contribution < 1.29 is 28.6 Å². The highest BCUT2D eigenvalue weighted by molar-refractivity contribution is 5.71. The fourth-order valence-electron chi connectivity index (χ4n) is 9.93. The summed E-state index contributed by atoms with van der Waals surface area (Å²) in [7, 11) is 0. The van der Waals surface area contributed by atoms with Gasteiger partial charge in [-0.2, -0.15) is 0 Å². The van der Waals surface area contributed by atoms with Gasteiger partial charge in [-0.15, -0.1) is 0 Å². The fraction of sp³-hybridized carbons (Fsp3) is 0.727. The van der Waals surface area contributed by atoms with Crippen LogP contribution >= 0.6 is 0 Å². The average Bonchev–Trinajstić information content (AvgIpc) is 3.49. The lowest BCUT2D eigenvalue weighted by Gasteiger charge is -2.18. The van der Waals surface area contributed by atoms with E-state index in [4.69, 9.17) is 14.2 Å². The molecule has 0 saturated carbocycles. The summed E-state index contributed by atoms with van der Waals surface area (Å²) in [6.07, 6.45) is 96.9. The van der Waals surface area contributed by atoms with Crippen LogP contribution in [-0.4, -0.2) is 37.2 Å². The molecule has 0 fully saturated rings. The van der Waals surface area contributed by atoms with E-state index in [2.05, 4.69) is 130 Å². The van der Waals surface area contributed by atoms with Crippen LogP contribution in [0.15, 0.2) is 109 Å². The first kappa shape index (κ1) is 79.1. The van der Waals surface area contributed by atoms with Crippen molar-refractivity contribution in [3.63, 3.8) is 0 Å². The van der Waals surface area contributed by atoms with E-state index < -0.39 is 6.10 Å². The molecular weight excluding hydrogens is 1020 g/mol. The number of rotatable bonds is 64. The molecule has 0 spiro atoms. The molecular formula is C77H132O6. The van der Waals surface area contributed by atoms with Gasteiger partial charge in [-0.3, -0.25) is 14.4 Å². The Morgan fingerprint density at radius 1 is 0.253 bits per heavy atom. The molecule has 1 unspecified atom stereocenters. The minimum absolute atomic E-state index is 0.0834. The zero-order valence-electron chi connectivity index (χ0n) is 54.7. The van der Waals surface area contributed by atoms with Crippen LogP contribution in [0.4, 0.5) is 0 Å². The molecule has 6 heteroatoms. The van der Waals surface area contributed by atoms with Crippen LogP contribution in [0.2, 0.25) is 0 Å². The van der Waals surface area contributed by atoms with Gasteiger partial charge in [0, 0.05) is 19.3 Å². The van der Waals surface area contributed by atoms with Crippen LogP contribution in [0, 0.1) is 0 Å². The van der Waals surface area contributed by atoms with Gasteiger partial charge < -0.3 is 14.2 Å². The lowest BCUT2D eigenvalue weighted by atomic mass is 10.0. The summed E-state index contributed by atoms with van der Waals surface area (Å²) in [4.78, 5) is 38.4. The molecule has 0 aromatic carbocycles. The Kier molecular flexibility index (Phi) is 67.2. The maximum absolute atomic E-state index is 12.9. The van der Waals surface area contributed by atoms with Crippen molar-refractivity contribution in [3.8, 4) is 0 Å². The van der Waals surface area contributed by atoms with Gasteiger partial charge in [-0.05, 0) is 122 Å². The maximum atomic E-state index is 12.9. The van der Waals surface area contributed by atoms with Gasteiger partial charge in [0.15, 0.2) is 6.10 Å². The van der Waals surface area contributed by atoms with E-state index in [1.165, 1.54) is 180 Å². The molecule has 6 nitrogen and oxygen atoms in total. The normalized spacial score (nSPS) is 12.8. The predicted octanol–water partition coefficient (Wildman–Crippen LogP) is 24.6. The Labute approximate surface area is 514 Å². The van der Waals surface area contributed by atoms with Crippen LogP contribution in [-0.2, 0) is 28.6 Å². The molecule has 0 radical (unpaired) electrons. The lowest BCUT2D eigenvalue weighted by Crippen LogP contribution is -2.30. The van der Waals surface area contributed by atoms with Gasteiger partial charge in [-0.25, -0.2) is 0 Å². The molecule has 0 amide bonds. The topological polar surface area (TPSA) is 78.9 Å². The quantitative estimate of drug-likeness (QED) is 0.0261. The number of allylic oxidation sites excluding steroid dienone is 18. The smallest absolute Gasteiger partial charge is 0.306 e. The Hall–Kier alpha value is -3.93. The van der Waals surface area contributed by atoms with Crippen molar-refractivity contribution >= 4 is 17.9 Å². The molecule has 0 saturated heterocycles. The summed E-state index contributed by atoms with van der Waals surface area (Å²) < 4.78 is 17.0. The zero-order valence-corrected chi connectivity index (χ0v) is 54.7. The number of carbonyl (C=O) groups excluding carboxylic acids is 3. The number of ether oxygens (including phenoxy) is 3. The third kappa shape index (κ3) is 68.7. The number of hydrogen-bond acceptors (Lipinski definition) is 6. The van der Waals surface area contributed by atoms with Gasteiger partial charge in [0.1, 0.15) is 13.2 Å². The molecule has 0 aliphatic heterocycles. The summed E-state index contributed by atoms with van der Waals surface area (Å²) >= 11 is 0. The SMILES string of the molecule is CC/C=C\C/C=C\C/C=C\C/C=C\C/C=C\CCCCCCCCCCCCCCCCCCCC(=O)OCC(COC(=O)CCCCCCC/C=C\C/C=C\CCCC)OC(=O)CCCCCCCCC/C=C\C/C=C\CCCCCC. The van der Waals surface area contributed by atoms with Gasteiger partial charge in [0.05, 0.1) is 0 Å². The van der Waals surface area contributed by atoms with Gasteiger partial charge in [-0.1, -0.05) is 310 Å². The first-order valence-corrected chi connectivity index (χ1v) is 35.4. The van der Waals surface area contributed by atoms with E-state index >= 15 is 0 Å². The van der Waals surface area contributed by atoms with Crippen molar-refractivity contribution in [3.05, 3.63) is 109 Å². The van der Waals surface area contributed by atoms with Crippen LogP contribution in [0.3, 0.4) is 0 Å². The van der Waals surface area contributed by atoms with E-state index in [1.807, 2.05) is 0 Å². The molecule has 0 heterocycles. The zero-order chi connectivity index (χ0) is 59.9. The molecule has 476 valence electrons. The van der Waals surface area contributed by atoms with Crippen LogP contribution < -0.4 is 0 Å². The van der Waals surface area contributed by atoms with Crippen molar-refractivity contribution in [2.24, 2.45) is 0 Å². The average molecular weight is 1150 g/mol. The maximum Gasteiger partial charge on any atom is 0.306 e. The van der Waals surface area contributed by atoms with E-state index in [9.17, 15) is 14.4 Å². The Morgan fingerprint density at radius 3 is 0.771 bits per heavy atom. The summed E-state index contributed by atoms with van der Waals surface area (Å²) in [5.74, 6) is -0.892. The van der Waals surface area contributed by atoms with Gasteiger partial charge >= 0.3 is 17.9 Å². The van der Waals surface area contributed by atoms with Crippen molar-refractivity contribution in [1.82, 2.24) is 0 Å². The van der Waals surface area contributed by atoms with Crippen molar-refractivity contribution in [2.45, 2.75) is 348 Å². The predicted molar refractivity (Wildman–Crippen MR) is 362 cm³/mol. The van der Waals surface area contributed by atoms with Gasteiger partial charge in [0.2, 0.25) is 0 Å². The Balaban J connectivity index is 4.21. The molecule has 83 heavy (non-hydrogen) atoms. The highest BCUT2D eigenvalue weighted by Crippen LogP contribution is 2.17. The second-order valence-electron chi connectivity index (χ2n) is 23.4. The first-order chi connectivity index (χ1) is 41.0. The number of unbranched alkanes of at least 4 members (excludes halogenated alkanes) is 35. The fourth-order valence-corrected chi connectivity index (χ4v) is 9.93. The van der Waals surface area contributed by atoms with Crippen LogP contribution in [0.1, 0.15) is 342 Å². The van der Waals surface area contributed by atoms with E-state index in [-0.39, 0.29) is 31.1 Å². The lowest BCUT2D eigenvalue weighted by molar-refractivity contribution is -0.167. The third-order valence-corrected chi connectivity index (χ3v) is 15.2. The molecule has 0 aliphatic rings. The summed E-state index contributed by atoms with van der Waals surface area (Å²) in [6, 6.07) is 0. The highest BCUT2D eigenvalue weighted by Gasteiger charge is 2.19. The second kappa shape index (κ2) is 70.6. The molecule has 0 bridgehead atoms. The molecule has 0 N–H and O–H groups in total. The Bertz CT molecular complexity index is 1660. The number of hydrogen-bond donors (Lipinski definition) is 0. The van der Waals surface area contributed by atoms with Crippen molar-refractivity contribution in [2.75, 3.05) is 13.2 Å². The third-order valence-electron chi connectivity index (χ3n) is 15.2. The van der Waals surface area contributed by atoms with Gasteiger partial charge in [0.25, 0.3) is 0 Å². The largest absolute Gasteiger partial charge is 0.462 e. The Morgan fingerprint density at radius 2 is 0.482 bits per heavy atom. The van der Waals surface area contributed by atoms with E-state index in [0.29, 0.717) is 19.3 Å². The van der Waals surface area contributed by atoms with E-state index in [1.54, 1.807) is 0 Å². The standard InChI is InChI=1S/C77H132O6/c1-4-7-10-13-16-19-22-25-28-30-32-33-34-35-36-37-38-39-40-41-42-43-44-45-46-48-49-52-55-58-61-64-67-70-76(79)82-73-74(72-81-75(78)69-66-63-60-57-54-51-27-24-21-18-15-12-9-6-3)83-77(80)71-68-65-62-59-56-53-50-47-31-29-26-23-20-17-14-11-8-5-2/h7,10,15-16,18-20,23-25,27-29,31-33,35-36,74H,4-6,8-9,11-14,17,21-22,26,30,34,37-73H2,1-3H3/b10-7-,18-15-,19-16-,23-20-,27-24-,28-25-,31-29-,33-32-,36-35-. The van der Waals surface area contributed by atoms with Crippen molar-refractivity contribution in [1.29, 1.82) is 0 Å². The second-order valence-corrected chi connectivity index (χ2v) is 23.4. The molecule has 1 atom stereocenters. The molecule has 0 aliphatic carbocycles. The molecule has 0 aromatic heterocycles. The number of esters is 3. The molecule has 0 rings (SSSR count). The summed E-state index contributed by atoms with van der Waals surface area (Å²) in [5, 5.41) is 0. The first-order valence-electron chi connectivity index (χ1n) is 35.4. The minimum atomic E-state index is -0.789. The van der Waals surface area contributed by atoms with Crippen LogP contribution in [0.25, 0.3) is 0 Å². The van der Waals surface area contributed by atoms with Crippen LogP contribution in [0.5, 0.6) is 0 Å². The summed E-state index contributed by atoms with van der Waals surface area (Å²) in [5.41, 5.74) is 0. The molecule has 0 aromatic rings. The monoisotopic (exact) mass is 1150 g/mol. The summed E-state index contributed by atoms with van der Waals surface area (Å²) in [6.45, 7) is 6.48.